The van der Waals surface area contributed by atoms with Crippen molar-refractivity contribution in [2.45, 2.75) is 18.9 Å². The van der Waals surface area contributed by atoms with E-state index >= 15 is 0 Å². The smallest absolute Gasteiger partial charge is 0.326 e. The molecule has 1 atom stereocenters. The zero-order valence-electron chi connectivity index (χ0n) is 12.6. The van der Waals surface area contributed by atoms with Crippen LogP contribution in [-0.4, -0.2) is 28.8 Å². The number of hydrogen-bond acceptors (Lipinski definition) is 3. The number of benzene rings is 2. The molecule has 0 saturated carbocycles. The zero-order chi connectivity index (χ0) is 16.7. The summed E-state index contributed by atoms with van der Waals surface area (Å²) in [5, 5.41) is 11.6. The molecule has 0 fully saturated rings. The summed E-state index contributed by atoms with van der Waals surface area (Å²) < 4.78 is 0. The summed E-state index contributed by atoms with van der Waals surface area (Å²) in [4.78, 5) is 23.1. The molecular formula is C18H19NO3S. The normalized spacial score (nSPS) is 11.7. The van der Waals surface area contributed by atoms with Gasteiger partial charge in [0.2, 0.25) is 5.91 Å². The number of carbonyl (C=O) groups is 2. The van der Waals surface area contributed by atoms with Gasteiger partial charge in [-0.2, -0.15) is 12.6 Å². The Bertz CT molecular complexity index is 673. The van der Waals surface area contributed by atoms with Gasteiger partial charge in [0.25, 0.3) is 0 Å². The minimum atomic E-state index is -1.04. The quantitative estimate of drug-likeness (QED) is 0.684. The number of rotatable bonds is 7. The van der Waals surface area contributed by atoms with Gasteiger partial charge in [0, 0.05) is 0 Å². The van der Waals surface area contributed by atoms with Gasteiger partial charge in [0.05, 0.1) is 6.42 Å². The standard InChI is InChI=1S/C18H19NO3S/c20-17(19-16(9-10-23)18(21)22)12-13-5-4-8-15(11-13)14-6-2-1-3-7-14/h1-8,11,16,23H,9-10,12H2,(H,19,20)(H,21,22)/t16-/m0/s1. The summed E-state index contributed by atoms with van der Waals surface area (Å²) in [7, 11) is 0. The molecule has 0 saturated heterocycles. The minimum absolute atomic E-state index is 0.150. The van der Waals surface area contributed by atoms with E-state index in [9.17, 15) is 9.59 Å². The van der Waals surface area contributed by atoms with Crippen LogP contribution in [0.2, 0.25) is 0 Å². The van der Waals surface area contributed by atoms with Crippen molar-refractivity contribution in [2.75, 3.05) is 5.75 Å². The minimum Gasteiger partial charge on any atom is -0.480 e. The second-order valence-electron chi connectivity index (χ2n) is 5.21. The molecule has 0 aliphatic carbocycles. The Labute approximate surface area is 141 Å². The predicted molar refractivity (Wildman–Crippen MR) is 93.6 cm³/mol. The second kappa shape index (κ2) is 8.39. The molecule has 2 aromatic rings. The first-order valence-corrected chi connectivity index (χ1v) is 8.01. The Morgan fingerprint density at radius 2 is 1.74 bits per heavy atom. The molecule has 0 heterocycles. The summed E-state index contributed by atoms with van der Waals surface area (Å²) in [5.74, 6) is -0.935. The van der Waals surface area contributed by atoms with Crippen molar-refractivity contribution in [3.05, 3.63) is 60.2 Å². The fourth-order valence-electron chi connectivity index (χ4n) is 2.31. The largest absolute Gasteiger partial charge is 0.480 e. The fourth-order valence-corrected chi connectivity index (χ4v) is 2.57. The third-order valence-electron chi connectivity index (χ3n) is 3.45. The third-order valence-corrected chi connectivity index (χ3v) is 3.71. The Balaban J connectivity index is 2.05. The molecule has 0 spiro atoms. The van der Waals surface area contributed by atoms with Crippen molar-refractivity contribution < 1.29 is 14.7 Å². The van der Waals surface area contributed by atoms with E-state index in [2.05, 4.69) is 17.9 Å². The van der Waals surface area contributed by atoms with Gasteiger partial charge >= 0.3 is 5.97 Å². The Morgan fingerprint density at radius 1 is 1.04 bits per heavy atom. The van der Waals surface area contributed by atoms with Gasteiger partial charge in [0.1, 0.15) is 6.04 Å². The molecule has 0 aliphatic heterocycles. The van der Waals surface area contributed by atoms with E-state index in [4.69, 9.17) is 5.11 Å². The average molecular weight is 329 g/mol. The average Bonchev–Trinajstić information content (AvgIpc) is 2.55. The first-order valence-electron chi connectivity index (χ1n) is 7.37. The molecule has 0 radical (unpaired) electrons. The van der Waals surface area contributed by atoms with E-state index in [-0.39, 0.29) is 12.3 Å². The summed E-state index contributed by atoms with van der Waals surface area (Å²) in [5.41, 5.74) is 2.95. The van der Waals surface area contributed by atoms with Crippen LogP contribution in [0.25, 0.3) is 11.1 Å². The molecule has 2 N–H and O–H groups in total. The van der Waals surface area contributed by atoms with E-state index in [1.807, 2.05) is 54.6 Å². The van der Waals surface area contributed by atoms with Crippen molar-refractivity contribution in [3.8, 4) is 11.1 Å². The van der Waals surface area contributed by atoms with Crippen LogP contribution < -0.4 is 5.32 Å². The summed E-state index contributed by atoms with van der Waals surface area (Å²) in [6.07, 6.45) is 0.450. The highest BCUT2D eigenvalue weighted by Gasteiger charge is 2.18. The first-order chi connectivity index (χ1) is 11.1. The van der Waals surface area contributed by atoms with Crippen molar-refractivity contribution >= 4 is 24.5 Å². The molecule has 23 heavy (non-hydrogen) atoms. The van der Waals surface area contributed by atoms with Gasteiger partial charge in [-0.1, -0.05) is 54.6 Å². The molecule has 0 unspecified atom stereocenters. The SMILES string of the molecule is O=C(Cc1cccc(-c2ccccc2)c1)N[C@@H](CCS)C(=O)O. The van der Waals surface area contributed by atoms with Gasteiger partial charge in [-0.15, -0.1) is 0 Å². The summed E-state index contributed by atoms with van der Waals surface area (Å²) in [6, 6.07) is 16.7. The van der Waals surface area contributed by atoms with E-state index in [0.717, 1.165) is 16.7 Å². The van der Waals surface area contributed by atoms with Gasteiger partial charge in [0.15, 0.2) is 0 Å². The summed E-state index contributed by atoms with van der Waals surface area (Å²) >= 11 is 4.02. The number of amides is 1. The third kappa shape index (κ3) is 5.14. The second-order valence-corrected chi connectivity index (χ2v) is 5.66. The Kier molecular flexibility index (Phi) is 6.23. The lowest BCUT2D eigenvalue weighted by atomic mass is 10.0. The number of thiol groups is 1. The fraction of sp³-hybridized carbons (Fsp3) is 0.222. The maximum Gasteiger partial charge on any atom is 0.326 e. The highest BCUT2D eigenvalue weighted by Crippen LogP contribution is 2.20. The topological polar surface area (TPSA) is 66.4 Å². The van der Waals surface area contributed by atoms with Crippen molar-refractivity contribution in [1.29, 1.82) is 0 Å². The van der Waals surface area contributed by atoms with Gasteiger partial charge in [-0.05, 0) is 28.9 Å². The van der Waals surface area contributed by atoms with Crippen LogP contribution in [-0.2, 0) is 16.0 Å². The van der Waals surface area contributed by atoms with Crippen LogP contribution in [0.3, 0.4) is 0 Å². The van der Waals surface area contributed by atoms with Crippen LogP contribution in [0.1, 0.15) is 12.0 Å². The van der Waals surface area contributed by atoms with Crippen LogP contribution in [0.4, 0.5) is 0 Å². The number of carbonyl (C=O) groups excluding carboxylic acids is 1. The lowest BCUT2D eigenvalue weighted by Gasteiger charge is -2.13. The maximum absolute atomic E-state index is 12.1. The molecule has 4 nitrogen and oxygen atoms in total. The van der Waals surface area contributed by atoms with Crippen LogP contribution >= 0.6 is 12.6 Å². The molecule has 5 heteroatoms. The molecular weight excluding hydrogens is 310 g/mol. The number of nitrogens with one attached hydrogen (secondary N) is 1. The molecule has 0 aromatic heterocycles. The van der Waals surface area contributed by atoms with Gasteiger partial charge < -0.3 is 10.4 Å². The van der Waals surface area contributed by atoms with Crippen LogP contribution in [0, 0.1) is 0 Å². The number of carboxylic acid groups (broad SMARTS) is 1. The highest BCUT2D eigenvalue weighted by molar-refractivity contribution is 7.80. The predicted octanol–water partition coefficient (Wildman–Crippen LogP) is 2.79. The van der Waals surface area contributed by atoms with Crippen LogP contribution in [0.15, 0.2) is 54.6 Å². The van der Waals surface area contributed by atoms with Crippen LogP contribution in [0.5, 0.6) is 0 Å². The molecule has 0 aliphatic rings. The zero-order valence-corrected chi connectivity index (χ0v) is 13.5. The number of carboxylic acids is 1. The van der Waals surface area contributed by atoms with Crippen molar-refractivity contribution in [3.63, 3.8) is 0 Å². The summed E-state index contributed by atoms with van der Waals surface area (Å²) in [6.45, 7) is 0. The lowest BCUT2D eigenvalue weighted by Crippen LogP contribution is -2.41. The first kappa shape index (κ1) is 17.1. The Hall–Kier alpha value is -2.27. The number of aliphatic carboxylic acids is 1. The van der Waals surface area contributed by atoms with Gasteiger partial charge in [-0.25, -0.2) is 4.79 Å². The van der Waals surface area contributed by atoms with E-state index in [1.165, 1.54) is 0 Å². The molecule has 2 aromatic carbocycles. The van der Waals surface area contributed by atoms with E-state index < -0.39 is 12.0 Å². The highest BCUT2D eigenvalue weighted by atomic mass is 32.1. The van der Waals surface area contributed by atoms with E-state index in [0.29, 0.717) is 12.2 Å². The van der Waals surface area contributed by atoms with E-state index in [1.54, 1.807) is 0 Å². The molecule has 2 rings (SSSR count). The lowest BCUT2D eigenvalue weighted by molar-refractivity contribution is -0.141. The molecule has 0 bridgehead atoms. The van der Waals surface area contributed by atoms with Gasteiger partial charge in [-0.3, -0.25) is 4.79 Å². The molecule has 1 amide bonds. The number of hydrogen-bond donors (Lipinski definition) is 3. The van der Waals surface area contributed by atoms with Crippen molar-refractivity contribution in [1.82, 2.24) is 5.32 Å². The van der Waals surface area contributed by atoms with Crippen molar-refractivity contribution in [2.24, 2.45) is 0 Å². The monoisotopic (exact) mass is 329 g/mol. The maximum atomic E-state index is 12.1. The molecule has 120 valence electrons. The Morgan fingerprint density at radius 3 is 2.39 bits per heavy atom.